The van der Waals surface area contributed by atoms with Crippen LogP contribution < -0.4 is 11.1 Å². The second kappa shape index (κ2) is 7.09. The Morgan fingerprint density at radius 3 is 2.92 bits per heavy atom. The third-order valence-electron chi connectivity index (χ3n) is 4.81. The minimum Gasteiger partial charge on any atom is -0.380 e. The highest BCUT2D eigenvalue weighted by atomic mass is 79.9. The van der Waals surface area contributed by atoms with Gasteiger partial charge in [-0.15, -0.1) is 0 Å². The second-order valence-corrected chi connectivity index (χ2v) is 7.53. The Labute approximate surface area is 159 Å². The van der Waals surface area contributed by atoms with Gasteiger partial charge in [0.2, 0.25) is 5.91 Å². The van der Waals surface area contributed by atoms with Crippen molar-refractivity contribution in [1.29, 1.82) is 0 Å². The van der Waals surface area contributed by atoms with Gasteiger partial charge in [0.1, 0.15) is 6.04 Å². The Morgan fingerprint density at radius 2 is 2.12 bits per heavy atom. The van der Waals surface area contributed by atoms with Crippen molar-refractivity contribution in [3.05, 3.63) is 58.7 Å². The van der Waals surface area contributed by atoms with Crippen LogP contribution in [0.15, 0.2) is 53.1 Å². The van der Waals surface area contributed by atoms with Crippen LogP contribution in [-0.4, -0.2) is 40.1 Å². The molecule has 1 amide bonds. The largest absolute Gasteiger partial charge is 0.380 e. The van der Waals surface area contributed by atoms with Gasteiger partial charge < -0.3 is 16.0 Å². The van der Waals surface area contributed by atoms with Crippen molar-refractivity contribution in [2.75, 3.05) is 18.4 Å². The quantitative estimate of drug-likeness (QED) is 0.613. The monoisotopic (exact) mass is 413 g/mol. The third-order valence-corrected chi connectivity index (χ3v) is 5.33. The molecule has 0 radical (unpaired) electrons. The first-order valence-corrected chi connectivity index (χ1v) is 9.39. The molecule has 0 bridgehead atoms. The summed E-state index contributed by atoms with van der Waals surface area (Å²) in [6.07, 6.45) is 2.71. The highest BCUT2D eigenvalue weighted by Gasteiger charge is 2.30. The lowest BCUT2D eigenvalue weighted by atomic mass is 10.1. The molecule has 4 rings (SSSR count). The smallest absolute Gasteiger partial charge is 0.244 e. The zero-order valence-corrected chi connectivity index (χ0v) is 15.7. The minimum atomic E-state index is -0.621. The number of hydrogen-bond donors (Lipinski definition) is 3. The summed E-state index contributed by atoms with van der Waals surface area (Å²) in [5.41, 5.74) is 9.06. The molecule has 6 nitrogen and oxygen atoms in total. The van der Waals surface area contributed by atoms with E-state index in [0.29, 0.717) is 13.1 Å². The van der Waals surface area contributed by atoms with Gasteiger partial charge in [-0.25, -0.2) is 0 Å². The number of anilines is 1. The van der Waals surface area contributed by atoms with Gasteiger partial charge in [0.25, 0.3) is 0 Å². The van der Waals surface area contributed by atoms with Gasteiger partial charge in [0, 0.05) is 34.7 Å². The van der Waals surface area contributed by atoms with Crippen molar-refractivity contribution in [2.45, 2.75) is 18.5 Å². The van der Waals surface area contributed by atoms with Gasteiger partial charge in [-0.2, -0.15) is 5.10 Å². The molecule has 2 atom stereocenters. The molecule has 26 heavy (non-hydrogen) atoms. The fraction of sp³-hybridized carbons (Fsp3) is 0.263. The lowest BCUT2D eigenvalue weighted by Gasteiger charge is -2.21. The van der Waals surface area contributed by atoms with E-state index < -0.39 is 6.04 Å². The Bertz CT molecular complexity index is 923. The topological polar surface area (TPSA) is 87.0 Å². The fourth-order valence-electron chi connectivity index (χ4n) is 3.36. The summed E-state index contributed by atoms with van der Waals surface area (Å²) in [5, 5.41) is 11.6. The maximum Gasteiger partial charge on any atom is 0.244 e. The molecule has 0 aliphatic carbocycles. The van der Waals surface area contributed by atoms with Gasteiger partial charge in [0.15, 0.2) is 0 Å². The Balaban J connectivity index is 1.39. The minimum absolute atomic E-state index is 0.0260. The SMILES string of the molecule is NC(C(=O)N1CCC(Nc2ccc3[nH]ncc3c2)C1)c1ccc(Br)cc1. The lowest BCUT2D eigenvalue weighted by Crippen LogP contribution is -2.38. The number of likely N-dealkylation sites (tertiary alicyclic amines) is 1. The lowest BCUT2D eigenvalue weighted by molar-refractivity contribution is -0.131. The molecular formula is C19H20BrN5O. The summed E-state index contributed by atoms with van der Waals surface area (Å²) >= 11 is 3.40. The first-order valence-electron chi connectivity index (χ1n) is 8.59. The molecule has 134 valence electrons. The van der Waals surface area contributed by atoms with Crippen molar-refractivity contribution in [2.24, 2.45) is 5.73 Å². The van der Waals surface area contributed by atoms with Crippen LogP contribution in [0, 0.1) is 0 Å². The number of hydrogen-bond acceptors (Lipinski definition) is 4. The predicted octanol–water partition coefficient (Wildman–Crippen LogP) is 3.04. The van der Waals surface area contributed by atoms with E-state index in [-0.39, 0.29) is 11.9 Å². The number of benzene rings is 2. The van der Waals surface area contributed by atoms with Crippen LogP contribution in [0.3, 0.4) is 0 Å². The van der Waals surface area contributed by atoms with Gasteiger partial charge in [-0.1, -0.05) is 28.1 Å². The number of aromatic nitrogens is 2. The Kier molecular flexibility index (Phi) is 4.65. The van der Waals surface area contributed by atoms with Crippen molar-refractivity contribution in [1.82, 2.24) is 15.1 Å². The number of amides is 1. The average Bonchev–Trinajstić information content (AvgIpc) is 3.30. The number of nitrogens with two attached hydrogens (primary N) is 1. The maximum atomic E-state index is 12.7. The molecule has 1 fully saturated rings. The number of carbonyl (C=O) groups is 1. The number of fused-ring (bicyclic) bond motifs is 1. The van der Waals surface area contributed by atoms with E-state index in [1.54, 1.807) is 0 Å². The summed E-state index contributed by atoms with van der Waals surface area (Å²) in [6.45, 7) is 1.38. The highest BCUT2D eigenvalue weighted by molar-refractivity contribution is 9.10. The van der Waals surface area contributed by atoms with Gasteiger partial charge in [-0.3, -0.25) is 9.89 Å². The van der Waals surface area contributed by atoms with Crippen LogP contribution in [0.25, 0.3) is 10.9 Å². The van der Waals surface area contributed by atoms with E-state index >= 15 is 0 Å². The highest BCUT2D eigenvalue weighted by Crippen LogP contribution is 2.23. The van der Waals surface area contributed by atoms with Crippen molar-refractivity contribution < 1.29 is 4.79 Å². The Hall–Kier alpha value is -2.38. The predicted molar refractivity (Wildman–Crippen MR) is 106 cm³/mol. The molecule has 0 spiro atoms. The van der Waals surface area contributed by atoms with E-state index in [1.807, 2.05) is 47.5 Å². The zero-order valence-electron chi connectivity index (χ0n) is 14.2. The van der Waals surface area contributed by atoms with Crippen LogP contribution in [0.1, 0.15) is 18.0 Å². The number of halogens is 1. The van der Waals surface area contributed by atoms with Gasteiger partial charge in [-0.05, 0) is 42.3 Å². The number of aromatic amines is 1. The molecule has 2 aromatic carbocycles. The number of H-pyrrole nitrogens is 1. The third kappa shape index (κ3) is 3.45. The van der Waals surface area contributed by atoms with E-state index in [1.165, 1.54) is 0 Å². The van der Waals surface area contributed by atoms with Crippen molar-refractivity contribution in [3.8, 4) is 0 Å². The zero-order chi connectivity index (χ0) is 18.1. The number of nitrogens with one attached hydrogen (secondary N) is 2. The summed E-state index contributed by atoms with van der Waals surface area (Å²) in [4.78, 5) is 14.6. The van der Waals surface area contributed by atoms with E-state index in [2.05, 4.69) is 37.5 Å². The van der Waals surface area contributed by atoms with Crippen LogP contribution in [-0.2, 0) is 4.79 Å². The van der Waals surface area contributed by atoms with Crippen LogP contribution in [0.4, 0.5) is 5.69 Å². The second-order valence-electron chi connectivity index (χ2n) is 6.62. The fourth-order valence-corrected chi connectivity index (χ4v) is 3.62. The van der Waals surface area contributed by atoms with Gasteiger partial charge in [0.05, 0.1) is 11.7 Å². The summed E-state index contributed by atoms with van der Waals surface area (Å²) < 4.78 is 0.973. The van der Waals surface area contributed by atoms with Crippen molar-refractivity contribution in [3.63, 3.8) is 0 Å². The van der Waals surface area contributed by atoms with Crippen molar-refractivity contribution >= 4 is 38.4 Å². The summed E-state index contributed by atoms with van der Waals surface area (Å²) in [7, 11) is 0. The van der Waals surface area contributed by atoms with Crippen LogP contribution >= 0.6 is 15.9 Å². The molecule has 2 unspecified atom stereocenters. The maximum absolute atomic E-state index is 12.7. The molecular weight excluding hydrogens is 394 g/mol. The Morgan fingerprint density at radius 1 is 1.31 bits per heavy atom. The molecule has 7 heteroatoms. The molecule has 1 aliphatic heterocycles. The first kappa shape index (κ1) is 17.1. The van der Waals surface area contributed by atoms with Crippen LogP contribution in [0.5, 0.6) is 0 Å². The molecule has 1 aromatic heterocycles. The van der Waals surface area contributed by atoms with E-state index in [0.717, 1.165) is 33.0 Å². The molecule has 3 aromatic rings. The standard InChI is InChI=1S/C19H20BrN5O/c20-14-3-1-12(2-4-14)18(21)19(26)25-8-7-16(11-25)23-15-5-6-17-13(9-15)10-22-24-17/h1-6,9-10,16,18,23H,7-8,11,21H2,(H,22,24). The molecule has 1 aliphatic rings. The first-order chi connectivity index (χ1) is 12.6. The van der Waals surface area contributed by atoms with Crippen LogP contribution in [0.2, 0.25) is 0 Å². The molecule has 4 N–H and O–H groups in total. The molecule has 0 saturated carbocycles. The summed E-state index contributed by atoms with van der Waals surface area (Å²) in [6, 6.07) is 13.3. The number of carbonyl (C=O) groups excluding carboxylic acids is 1. The van der Waals surface area contributed by atoms with E-state index in [9.17, 15) is 4.79 Å². The van der Waals surface area contributed by atoms with E-state index in [4.69, 9.17) is 5.73 Å². The average molecular weight is 414 g/mol. The summed E-state index contributed by atoms with van der Waals surface area (Å²) in [5.74, 6) is -0.0260. The normalized spacial score (nSPS) is 18.2. The molecule has 2 heterocycles. The number of nitrogens with zero attached hydrogens (tertiary/aromatic N) is 2. The number of rotatable bonds is 4. The van der Waals surface area contributed by atoms with Gasteiger partial charge >= 0.3 is 0 Å². The molecule has 1 saturated heterocycles.